The highest BCUT2D eigenvalue weighted by molar-refractivity contribution is 7.93. The number of anilines is 2. The van der Waals surface area contributed by atoms with E-state index in [9.17, 15) is 8.42 Å². The Morgan fingerprint density at radius 3 is 2.38 bits per heavy atom. The van der Waals surface area contributed by atoms with Crippen molar-refractivity contribution in [3.8, 4) is 0 Å². The van der Waals surface area contributed by atoms with Gasteiger partial charge >= 0.3 is 0 Å². The molecule has 0 radical (unpaired) electrons. The van der Waals surface area contributed by atoms with Crippen LogP contribution in [-0.4, -0.2) is 13.4 Å². The smallest absolute Gasteiger partial charge is 0.264 e. The highest BCUT2D eigenvalue weighted by atomic mass is 35.5. The first-order valence-corrected chi connectivity index (χ1v) is 8.09. The van der Waals surface area contributed by atoms with Crippen molar-refractivity contribution in [2.24, 2.45) is 0 Å². The molecule has 21 heavy (non-hydrogen) atoms. The largest absolute Gasteiger partial charge is 0.397 e. The molecule has 0 aliphatic heterocycles. The number of rotatable bonds is 3. The maximum absolute atomic E-state index is 12.5. The zero-order valence-electron chi connectivity index (χ0n) is 11.9. The molecule has 0 atom stereocenters. The van der Waals surface area contributed by atoms with Gasteiger partial charge in [-0.15, -0.1) is 0 Å². The lowest BCUT2D eigenvalue weighted by Crippen LogP contribution is -2.17. The summed E-state index contributed by atoms with van der Waals surface area (Å²) in [6, 6.07) is 5.14. The van der Waals surface area contributed by atoms with E-state index in [2.05, 4.69) is 9.71 Å². The second kappa shape index (κ2) is 5.54. The normalized spacial score (nSPS) is 11.4. The van der Waals surface area contributed by atoms with E-state index in [0.717, 1.165) is 0 Å². The molecule has 0 unspecified atom stereocenters. The highest BCUT2D eigenvalue weighted by Gasteiger charge is 2.21. The zero-order valence-corrected chi connectivity index (χ0v) is 13.5. The molecule has 2 aromatic rings. The molecule has 0 saturated carbocycles. The third kappa shape index (κ3) is 3.11. The summed E-state index contributed by atoms with van der Waals surface area (Å²) < 4.78 is 27.6. The Balaban J connectivity index is 2.48. The second-order valence-corrected chi connectivity index (χ2v) is 6.86. The van der Waals surface area contributed by atoms with Gasteiger partial charge in [0.2, 0.25) is 0 Å². The SMILES string of the molecule is Cc1cc(NS(=O)(=O)c2c(C)ccc(C)c2N)cnc1Cl. The predicted molar refractivity (Wildman–Crippen MR) is 85.1 cm³/mol. The molecule has 0 spiro atoms. The molecular formula is C14H16ClN3O2S. The summed E-state index contributed by atoms with van der Waals surface area (Å²) in [5, 5.41) is 0.337. The van der Waals surface area contributed by atoms with E-state index in [0.29, 0.717) is 27.5 Å². The lowest BCUT2D eigenvalue weighted by Gasteiger charge is -2.14. The lowest BCUT2D eigenvalue weighted by atomic mass is 10.1. The Labute approximate surface area is 129 Å². The van der Waals surface area contributed by atoms with Crippen molar-refractivity contribution in [2.45, 2.75) is 25.7 Å². The van der Waals surface area contributed by atoms with Crippen LogP contribution in [0.1, 0.15) is 16.7 Å². The number of aromatic nitrogens is 1. The fourth-order valence-electron chi connectivity index (χ4n) is 1.98. The van der Waals surface area contributed by atoms with Gasteiger partial charge in [-0.1, -0.05) is 23.7 Å². The number of pyridine rings is 1. The first-order chi connectivity index (χ1) is 9.72. The van der Waals surface area contributed by atoms with Gasteiger partial charge in [-0.05, 0) is 43.5 Å². The number of hydrogen-bond donors (Lipinski definition) is 2. The molecule has 112 valence electrons. The molecule has 1 aromatic carbocycles. The van der Waals surface area contributed by atoms with E-state index in [1.165, 1.54) is 6.20 Å². The van der Waals surface area contributed by atoms with Crippen LogP contribution >= 0.6 is 11.6 Å². The van der Waals surface area contributed by atoms with Gasteiger partial charge in [-0.25, -0.2) is 13.4 Å². The predicted octanol–water partition coefficient (Wildman–Crippen LogP) is 3.04. The number of hydrogen-bond acceptors (Lipinski definition) is 4. The zero-order chi connectivity index (χ0) is 15.8. The Bertz CT molecular complexity index is 804. The van der Waals surface area contributed by atoms with Gasteiger partial charge in [0.1, 0.15) is 10.0 Å². The number of benzene rings is 1. The molecule has 7 heteroatoms. The molecule has 0 aliphatic carbocycles. The molecule has 5 nitrogen and oxygen atoms in total. The van der Waals surface area contributed by atoms with Gasteiger partial charge in [0, 0.05) is 0 Å². The summed E-state index contributed by atoms with van der Waals surface area (Å²) in [4.78, 5) is 4.02. The van der Waals surface area contributed by atoms with Gasteiger partial charge in [0.15, 0.2) is 0 Å². The summed E-state index contributed by atoms with van der Waals surface area (Å²) in [6.45, 7) is 5.22. The second-order valence-electron chi connectivity index (χ2n) is 4.88. The van der Waals surface area contributed by atoms with Crippen LogP contribution in [0.2, 0.25) is 5.15 Å². The monoisotopic (exact) mass is 325 g/mol. The molecule has 0 aliphatic rings. The molecule has 0 saturated heterocycles. The van der Waals surface area contributed by atoms with E-state index in [4.69, 9.17) is 17.3 Å². The number of halogens is 1. The average molecular weight is 326 g/mol. The van der Waals surface area contributed by atoms with Crippen molar-refractivity contribution >= 4 is 33.0 Å². The number of nitrogens with zero attached hydrogens (tertiary/aromatic N) is 1. The quantitative estimate of drug-likeness (QED) is 0.671. The minimum absolute atomic E-state index is 0.0927. The number of nitrogens with two attached hydrogens (primary N) is 1. The minimum atomic E-state index is -3.78. The first-order valence-electron chi connectivity index (χ1n) is 6.23. The molecule has 3 N–H and O–H groups in total. The Kier molecular flexibility index (Phi) is 4.11. The van der Waals surface area contributed by atoms with Crippen LogP contribution in [-0.2, 0) is 10.0 Å². The van der Waals surface area contributed by atoms with E-state index in [1.54, 1.807) is 39.0 Å². The Morgan fingerprint density at radius 1 is 1.14 bits per heavy atom. The van der Waals surface area contributed by atoms with E-state index in [1.807, 2.05) is 0 Å². The topological polar surface area (TPSA) is 85.1 Å². The van der Waals surface area contributed by atoms with Crippen LogP contribution in [0.25, 0.3) is 0 Å². The summed E-state index contributed by atoms with van der Waals surface area (Å²) in [5.74, 6) is 0. The van der Waals surface area contributed by atoms with Crippen molar-refractivity contribution in [2.75, 3.05) is 10.5 Å². The number of aryl methyl sites for hydroxylation is 3. The average Bonchev–Trinajstić information content (AvgIpc) is 2.38. The van der Waals surface area contributed by atoms with Crippen molar-refractivity contribution in [1.29, 1.82) is 0 Å². The van der Waals surface area contributed by atoms with Gasteiger partial charge in [-0.2, -0.15) is 0 Å². The standard InChI is InChI=1S/C14H16ClN3O2S/c1-8-4-5-9(2)13(12(8)16)21(19,20)18-11-6-10(3)14(15)17-7-11/h4-7,18H,16H2,1-3H3. The number of nitrogen functional groups attached to an aromatic ring is 1. The molecule has 0 fully saturated rings. The maximum Gasteiger partial charge on any atom is 0.264 e. The molecule has 1 heterocycles. The van der Waals surface area contributed by atoms with Crippen molar-refractivity contribution in [1.82, 2.24) is 4.98 Å². The van der Waals surface area contributed by atoms with Crippen LogP contribution in [0, 0.1) is 20.8 Å². The summed E-state index contributed by atoms with van der Waals surface area (Å²) >= 11 is 5.83. The van der Waals surface area contributed by atoms with Crippen molar-refractivity contribution in [3.05, 3.63) is 46.2 Å². The van der Waals surface area contributed by atoms with Crippen molar-refractivity contribution in [3.63, 3.8) is 0 Å². The van der Waals surface area contributed by atoms with E-state index in [-0.39, 0.29) is 10.6 Å². The van der Waals surface area contributed by atoms with Gasteiger partial charge in [0.05, 0.1) is 17.6 Å². The number of nitrogens with one attached hydrogen (secondary N) is 1. The van der Waals surface area contributed by atoms with Gasteiger partial charge in [0.25, 0.3) is 10.0 Å². The van der Waals surface area contributed by atoms with E-state index >= 15 is 0 Å². The van der Waals surface area contributed by atoms with Crippen LogP contribution < -0.4 is 10.5 Å². The maximum atomic E-state index is 12.5. The third-order valence-electron chi connectivity index (χ3n) is 3.15. The molecule has 2 rings (SSSR count). The van der Waals surface area contributed by atoms with Crippen LogP contribution in [0.15, 0.2) is 29.3 Å². The molecule has 0 amide bonds. The van der Waals surface area contributed by atoms with Crippen LogP contribution in [0.4, 0.5) is 11.4 Å². The van der Waals surface area contributed by atoms with Gasteiger partial charge in [-0.3, -0.25) is 4.72 Å². The van der Waals surface area contributed by atoms with Crippen molar-refractivity contribution < 1.29 is 8.42 Å². The summed E-state index contributed by atoms with van der Waals surface area (Å²) in [5.41, 5.74) is 8.50. The van der Waals surface area contributed by atoms with Crippen LogP contribution in [0.5, 0.6) is 0 Å². The van der Waals surface area contributed by atoms with Crippen LogP contribution in [0.3, 0.4) is 0 Å². The Hall–Kier alpha value is -1.79. The summed E-state index contributed by atoms with van der Waals surface area (Å²) in [6.07, 6.45) is 1.37. The molecular weight excluding hydrogens is 310 g/mol. The first kappa shape index (κ1) is 15.6. The highest BCUT2D eigenvalue weighted by Crippen LogP contribution is 2.28. The molecule has 1 aromatic heterocycles. The third-order valence-corrected chi connectivity index (χ3v) is 5.13. The molecule has 0 bridgehead atoms. The summed E-state index contributed by atoms with van der Waals surface area (Å²) in [7, 11) is -3.78. The van der Waals surface area contributed by atoms with E-state index < -0.39 is 10.0 Å². The number of sulfonamides is 1. The minimum Gasteiger partial charge on any atom is -0.397 e. The lowest BCUT2D eigenvalue weighted by molar-refractivity contribution is 0.601. The fraction of sp³-hybridized carbons (Fsp3) is 0.214. The fourth-order valence-corrected chi connectivity index (χ4v) is 3.55. The Morgan fingerprint density at radius 2 is 1.76 bits per heavy atom. The van der Waals surface area contributed by atoms with Gasteiger partial charge < -0.3 is 5.73 Å².